The predicted molar refractivity (Wildman–Crippen MR) is 79.9 cm³/mol. The number of nitrogens with one attached hydrogen (secondary N) is 1. The molecule has 3 rings (SSSR count). The average Bonchev–Trinajstić information content (AvgIpc) is 2.88. The molecule has 1 N–H and O–H groups in total. The standard InChI is InChI=1S/C15H13ClF3N3O/c16-9-5-6-13(11(7-9)20-8-23)22-12-4-2-1-3-10(12)14(21-22)15(17,18)19/h5-8H,1-4H2,(H,20,23). The second-order valence-corrected chi connectivity index (χ2v) is 5.75. The van der Waals surface area contributed by atoms with Crippen molar-refractivity contribution in [1.29, 1.82) is 0 Å². The van der Waals surface area contributed by atoms with Gasteiger partial charge in [-0.25, -0.2) is 4.68 Å². The molecule has 0 saturated carbocycles. The smallest absolute Gasteiger partial charge is 0.327 e. The van der Waals surface area contributed by atoms with E-state index in [0.717, 1.165) is 6.42 Å². The number of hydrogen-bond acceptors (Lipinski definition) is 2. The molecule has 0 radical (unpaired) electrons. The van der Waals surface area contributed by atoms with Gasteiger partial charge in [0.15, 0.2) is 5.69 Å². The van der Waals surface area contributed by atoms with E-state index in [2.05, 4.69) is 10.4 Å². The molecule has 1 aliphatic carbocycles. The van der Waals surface area contributed by atoms with E-state index in [-0.39, 0.29) is 5.56 Å². The van der Waals surface area contributed by atoms with Crippen LogP contribution in [0, 0.1) is 0 Å². The highest BCUT2D eigenvalue weighted by molar-refractivity contribution is 6.31. The third kappa shape index (κ3) is 2.93. The van der Waals surface area contributed by atoms with Crippen molar-refractivity contribution in [3.05, 3.63) is 40.2 Å². The number of benzene rings is 1. The summed E-state index contributed by atoms with van der Waals surface area (Å²) >= 11 is 5.90. The van der Waals surface area contributed by atoms with Crippen molar-refractivity contribution < 1.29 is 18.0 Å². The van der Waals surface area contributed by atoms with Gasteiger partial charge in [0.05, 0.1) is 11.4 Å². The second-order valence-electron chi connectivity index (χ2n) is 5.31. The summed E-state index contributed by atoms with van der Waals surface area (Å²) < 4.78 is 41.0. The maximum absolute atomic E-state index is 13.2. The van der Waals surface area contributed by atoms with Crippen molar-refractivity contribution in [1.82, 2.24) is 9.78 Å². The van der Waals surface area contributed by atoms with Crippen LogP contribution >= 0.6 is 11.6 Å². The Labute approximate surface area is 135 Å². The Bertz CT molecular complexity index is 755. The van der Waals surface area contributed by atoms with Crippen LogP contribution in [0.2, 0.25) is 5.02 Å². The molecule has 2 aromatic rings. The minimum atomic E-state index is -4.50. The number of rotatable bonds is 3. The number of carbonyl (C=O) groups is 1. The maximum Gasteiger partial charge on any atom is 0.435 e. The first-order valence-corrected chi connectivity index (χ1v) is 7.47. The van der Waals surface area contributed by atoms with E-state index in [1.54, 1.807) is 12.1 Å². The SMILES string of the molecule is O=CNc1cc(Cl)ccc1-n1nc(C(F)(F)F)c2c1CCCC2. The van der Waals surface area contributed by atoms with E-state index in [9.17, 15) is 18.0 Å². The number of hydrogen-bond donors (Lipinski definition) is 1. The normalized spacial score (nSPS) is 14.4. The Morgan fingerprint density at radius 3 is 2.70 bits per heavy atom. The van der Waals surface area contributed by atoms with Crippen LogP contribution in [0.15, 0.2) is 18.2 Å². The zero-order valence-corrected chi connectivity index (χ0v) is 12.7. The van der Waals surface area contributed by atoms with Gasteiger partial charge in [0.2, 0.25) is 6.41 Å². The zero-order chi connectivity index (χ0) is 16.6. The van der Waals surface area contributed by atoms with Crippen LogP contribution in [-0.2, 0) is 23.8 Å². The highest BCUT2D eigenvalue weighted by Crippen LogP contribution is 2.38. The summed E-state index contributed by atoms with van der Waals surface area (Å²) in [6.07, 6.45) is -1.66. The van der Waals surface area contributed by atoms with Gasteiger partial charge < -0.3 is 5.32 Å². The van der Waals surface area contributed by atoms with Gasteiger partial charge in [-0.15, -0.1) is 0 Å². The molecule has 0 atom stereocenters. The van der Waals surface area contributed by atoms with E-state index in [0.29, 0.717) is 47.8 Å². The fourth-order valence-corrected chi connectivity index (χ4v) is 3.07. The van der Waals surface area contributed by atoms with Crippen molar-refractivity contribution in [2.24, 2.45) is 0 Å². The molecule has 0 spiro atoms. The Morgan fingerprint density at radius 1 is 1.26 bits per heavy atom. The molecule has 1 aromatic heterocycles. The fourth-order valence-electron chi connectivity index (χ4n) is 2.90. The van der Waals surface area contributed by atoms with Crippen LogP contribution < -0.4 is 5.32 Å². The minimum Gasteiger partial charge on any atom is -0.327 e. The third-order valence-electron chi connectivity index (χ3n) is 3.85. The number of anilines is 1. The van der Waals surface area contributed by atoms with E-state index < -0.39 is 11.9 Å². The summed E-state index contributed by atoms with van der Waals surface area (Å²) in [5.41, 5.74) is 0.627. The number of carbonyl (C=O) groups excluding carboxylic acids is 1. The Morgan fingerprint density at radius 2 is 2.00 bits per heavy atom. The first kappa shape index (κ1) is 15.9. The molecule has 0 unspecified atom stereocenters. The van der Waals surface area contributed by atoms with Crippen LogP contribution in [0.25, 0.3) is 5.69 Å². The molecule has 122 valence electrons. The highest BCUT2D eigenvalue weighted by Gasteiger charge is 2.39. The molecule has 8 heteroatoms. The van der Waals surface area contributed by atoms with Gasteiger partial charge in [-0.05, 0) is 43.9 Å². The highest BCUT2D eigenvalue weighted by atomic mass is 35.5. The number of fused-ring (bicyclic) bond motifs is 1. The third-order valence-corrected chi connectivity index (χ3v) is 4.09. The number of aromatic nitrogens is 2. The van der Waals surface area contributed by atoms with E-state index in [1.807, 2.05) is 0 Å². The Balaban J connectivity index is 2.21. The Kier molecular flexibility index (Phi) is 4.06. The first-order chi connectivity index (χ1) is 10.9. The van der Waals surface area contributed by atoms with Gasteiger partial charge in [-0.3, -0.25) is 4.79 Å². The van der Waals surface area contributed by atoms with Gasteiger partial charge in [0.25, 0.3) is 0 Å². The van der Waals surface area contributed by atoms with Crippen LogP contribution in [0.4, 0.5) is 18.9 Å². The van der Waals surface area contributed by atoms with Crippen molar-refractivity contribution in [3.63, 3.8) is 0 Å². The number of amides is 1. The van der Waals surface area contributed by atoms with Crippen molar-refractivity contribution in [2.75, 3.05) is 5.32 Å². The number of halogens is 4. The largest absolute Gasteiger partial charge is 0.435 e. The van der Waals surface area contributed by atoms with E-state index >= 15 is 0 Å². The molecular formula is C15H13ClF3N3O. The summed E-state index contributed by atoms with van der Waals surface area (Å²) in [5.74, 6) is 0. The number of alkyl halides is 3. The van der Waals surface area contributed by atoms with Crippen molar-refractivity contribution in [2.45, 2.75) is 31.9 Å². The van der Waals surface area contributed by atoms with Gasteiger partial charge >= 0.3 is 6.18 Å². The molecule has 1 amide bonds. The van der Waals surface area contributed by atoms with Gasteiger partial charge in [0, 0.05) is 16.3 Å². The van der Waals surface area contributed by atoms with Crippen LogP contribution in [0.5, 0.6) is 0 Å². The van der Waals surface area contributed by atoms with E-state index in [1.165, 1.54) is 10.7 Å². The molecule has 23 heavy (non-hydrogen) atoms. The summed E-state index contributed by atoms with van der Waals surface area (Å²) in [4.78, 5) is 10.8. The minimum absolute atomic E-state index is 0.246. The summed E-state index contributed by atoms with van der Waals surface area (Å²) in [6, 6.07) is 4.59. The summed E-state index contributed by atoms with van der Waals surface area (Å²) in [6.45, 7) is 0. The average molecular weight is 344 g/mol. The lowest BCUT2D eigenvalue weighted by Crippen LogP contribution is -2.11. The molecule has 1 aromatic carbocycles. The van der Waals surface area contributed by atoms with Crippen LogP contribution in [0.1, 0.15) is 29.8 Å². The second kappa shape index (κ2) is 5.88. The van der Waals surface area contributed by atoms with Crippen molar-refractivity contribution in [3.8, 4) is 5.69 Å². The topological polar surface area (TPSA) is 46.9 Å². The lowest BCUT2D eigenvalue weighted by molar-refractivity contribution is -0.142. The molecule has 0 aliphatic heterocycles. The summed E-state index contributed by atoms with van der Waals surface area (Å²) in [7, 11) is 0. The summed E-state index contributed by atoms with van der Waals surface area (Å²) in [5, 5.41) is 6.63. The lowest BCUT2D eigenvalue weighted by atomic mass is 9.95. The molecular weight excluding hydrogens is 331 g/mol. The lowest BCUT2D eigenvalue weighted by Gasteiger charge is -2.16. The molecule has 0 bridgehead atoms. The van der Waals surface area contributed by atoms with Crippen LogP contribution in [-0.4, -0.2) is 16.2 Å². The Hall–Kier alpha value is -2.02. The van der Waals surface area contributed by atoms with Crippen LogP contribution in [0.3, 0.4) is 0 Å². The fraction of sp³-hybridized carbons (Fsp3) is 0.333. The molecule has 1 aliphatic rings. The quantitative estimate of drug-likeness (QED) is 0.856. The monoisotopic (exact) mass is 343 g/mol. The molecule has 0 saturated heterocycles. The van der Waals surface area contributed by atoms with E-state index in [4.69, 9.17) is 11.6 Å². The van der Waals surface area contributed by atoms with Gasteiger partial charge in [-0.2, -0.15) is 18.3 Å². The van der Waals surface area contributed by atoms with Gasteiger partial charge in [0.1, 0.15) is 0 Å². The van der Waals surface area contributed by atoms with Crippen molar-refractivity contribution >= 4 is 23.7 Å². The zero-order valence-electron chi connectivity index (χ0n) is 12.0. The number of nitrogens with zero attached hydrogens (tertiary/aromatic N) is 2. The maximum atomic E-state index is 13.2. The molecule has 0 fully saturated rings. The molecule has 4 nitrogen and oxygen atoms in total. The first-order valence-electron chi connectivity index (χ1n) is 7.10. The molecule has 1 heterocycles. The van der Waals surface area contributed by atoms with Gasteiger partial charge in [-0.1, -0.05) is 11.6 Å². The predicted octanol–water partition coefficient (Wildman–Crippen LogP) is 3.99.